The Hall–Kier alpha value is -3.17. The minimum absolute atomic E-state index is 0.0410. The first kappa shape index (κ1) is 23.6. The molecule has 0 amide bonds. The lowest BCUT2D eigenvalue weighted by Crippen LogP contribution is -2.38. The van der Waals surface area contributed by atoms with Crippen LogP contribution in [0.3, 0.4) is 0 Å². The van der Waals surface area contributed by atoms with Gasteiger partial charge in [-0.15, -0.1) is 0 Å². The van der Waals surface area contributed by atoms with Crippen LogP contribution in [0.15, 0.2) is 58.1 Å². The van der Waals surface area contributed by atoms with E-state index in [9.17, 15) is 13.2 Å². The predicted molar refractivity (Wildman–Crippen MR) is 136 cm³/mol. The monoisotopic (exact) mass is 491 g/mol. The van der Waals surface area contributed by atoms with E-state index in [0.717, 1.165) is 31.2 Å². The maximum atomic E-state index is 13.1. The van der Waals surface area contributed by atoms with Crippen molar-refractivity contribution in [3.63, 3.8) is 0 Å². The smallest absolute Gasteiger partial charge is 0.243 e. The van der Waals surface area contributed by atoms with Gasteiger partial charge in [-0.05, 0) is 43.2 Å². The zero-order valence-electron chi connectivity index (χ0n) is 19.9. The molecular formula is C26H29N5O3S. The highest BCUT2D eigenvalue weighted by molar-refractivity contribution is 7.89. The number of Topliss-reactive ketones (excluding diaryl/α,β-unsaturated/α-hetero) is 1. The van der Waals surface area contributed by atoms with Gasteiger partial charge in [-0.25, -0.2) is 18.4 Å². The lowest BCUT2D eigenvalue weighted by Gasteiger charge is -2.30. The van der Waals surface area contributed by atoms with E-state index in [1.54, 1.807) is 43.7 Å². The van der Waals surface area contributed by atoms with Crippen LogP contribution in [0.5, 0.6) is 0 Å². The fourth-order valence-corrected chi connectivity index (χ4v) is 6.42. The number of hydrogen-bond acceptors (Lipinski definition) is 7. The van der Waals surface area contributed by atoms with Crippen molar-refractivity contribution >= 4 is 39.4 Å². The van der Waals surface area contributed by atoms with E-state index in [-0.39, 0.29) is 29.1 Å². The number of fused-ring (bicyclic) bond motifs is 2. The molecule has 182 valence electrons. The van der Waals surface area contributed by atoms with Crippen LogP contribution < -0.4 is 5.32 Å². The predicted octanol–water partition coefficient (Wildman–Crippen LogP) is 4.29. The molecule has 1 aromatic carbocycles. The fraction of sp³-hybridized carbons (Fsp3) is 0.385. The number of hydrogen-bond donors (Lipinski definition) is 1. The second-order valence-corrected chi connectivity index (χ2v) is 11.3. The average Bonchev–Trinajstić information content (AvgIpc) is 3.07. The van der Waals surface area contributed by atoms with Crippen molar-refractivity contribution in [3.05, 3.63) is 59.4 Å². The van der Waals surface area contributed by atoms with Gasteiger partial charge in [0.1, 0.15) is 0 Å². The third-order valence-corrected chi connectivity index (χ3v) is 8.94. The average molecular weight is 492 g/mol. The summed E-state index contributed by atoms with van der Waals surface area (Å²) in [4.78, 5) is 26.5. The number of allylic oxidation sites excluding steroid dienone is 3. The Morgan fingerprint density at radius 2 is 1.83 bits per heavy atom. The maximum Gasteiger partial charge on any atom is 0.243 e. The van der Waals surface area contributed by atoms with Crippen molar-refractivity contribution in [2.24, 2.45) is 10.9 Å². The van der Waals surface area contributed by atoms with Gasteiger partial charge in [0.15, 0.2) is 5.78 Å². The van der Waals surface area contributed by atoms with Crippen LogP contribution in [0.1, 0.15) is 50.3 Å². The summed E-state index contributed by atoms with van der Waals surface area (Å²) in [5.74, 6) is 0.365. The number of nitrogens with one attached hydrogen (secondary N) is 1. The molecule has 5 rings (SSSR count). The van der Waals surface area contributed by atoms with Gasteiger partial charge in [0.2, 0.25) is 16.0 Å². The zero-order valence-corrected chi connectivity index (χ0v) is 20.8. The molecule has 2 aliphatic carbocycles. The lowest BCUT2D eigenvalue weighted by molar-refractivity contribution is -0.115. The molecule has 2 heterocycles. The maximum absolute atomic E-state index is 13.1. The molecule has 0 radical (unpaired) electrons. The van der Waals surface area contributed by atoms with Crippen LogP contribution >= 0.6 is 0 Å². The Morgan fingerprint density at radius 3 is 2.57 bits per heavy atom. The molecule has 1 saturated carbocycles. The van der Waals surface area contributed by atoms with Crippen molar-refractivity contribution in [1.82, 2.24) is 14.3 Å². The van der Waals surface area contributed by atoms with Gasteiger partial charge in [-0.3, -0.25) is 9.79 Å². The number of benzene rings is 1. The minimum Gasteiger partial charge on any atom is -0.324 e. The number of sulfonamides is 1. The van der Waals surface area contributed by atoms with Crippen molar-refractivity contribution in [3.8, 4) is 0 Å². The van der Waals surface area contributed by atoms with Crippen LogP contribution in [-0.2, 0) is 21.2 Å². The molecule has 1 aromatic heterocycles. The summed E-state index contributed by atoms with van der Waals surface area (Å²) in [7, 11) is -1.87. The number of carbonyl (C=O) groups is 1. The van der Waals surface area contributed by atoms with Crippen molar-refractivity contribution in [2.75, 3.05) is 12.4 Å². The molecule has 1 atom stereocenters. The first-order valence-corrected chi connectivity index (χ1v) is 13.5. The van der Waals surface area contributed by atoms with Crippen molar-refractivity contribution in [1.29, 1.82) is 0 Å². The highest BCUT2D eigenvalue weighted by Gasteiger charge is 2.31. The molecule has 0 spiro atoms. The molecular weight excluding hydrogens is 462 g/mol. The Bertz CT molecular complexity index is 1340. The van der Waals surface area contributed by atoms with Crippen LogP contribution in [0.4, 0.5) is 11.6 Å². The first-order valence-electron chi connectivity index (χ1n) is 12.0. The Morgan fingerprint density at radius 1 is 1.09 bits per heavy atom. The molecule has 0 bridgehead atoms. The summed E-state index contributed by atoms with van der Waals surface area (Å²) in [6.45, 7) is 1.98. The minimum atomic E-state index is -3.55. The molecule has 35 heavy (non-hydrogen) atoms. The molecule has 0 saturated heterocycles. The largest absolute Gasteiger partial charge is 0.324 e. The van der Waals surface area contributed by atoms with Crippen LogP contribution in [0.25, 0.3) is 5.70 Å². The Kier molecular flexibility index (Phi) is 6.37. The normalized spacial score (nSPS) is 20.5. The Balaban J connectivity index is 1.37. The number of anilines is 2. The van der Waals surface area contributed by atoms with E-state index < -0.39 is 10.0 Å². The molecule has 9 heteroatoms. The van der Waals surface area contributed by atoms with Gasteiger partial charge >= 0.3 is 0 Å². The van der Waals surface area contributed by atoms with Gasteiger partial charge in [0, 0.05) is 54.7 Å². The highest BCUT2D eigenvalue weighted by Crippen LogP contribution is 2.35. The summed E-state index contributed by atoms with van der Waals surface area (Å²) in [6, 6.07) is 6.71. The molecule has 1 fully saturated rings. The molecule has 2 aromatic rings. The third kappa shape index (κ3) is 4.58. The quantitative estimate of drug-likeness (QED) is 0.669. The number of rotatable bonds is 5. The summed E-state index contributed by atoms with van der Waals surface area (Å²) in [5.41, 5.74) is 3.33. The van der Waals surface area contributed by atoms with Crippen molar-refractivity contribution in [2.45, 2.75) is 56.4 Å². The van der Waals surface area contributed by atoms with Crippen LogP contribution in [0, 0.1) is 5.92 Å². The second-order valence-electron chi connectivity index (χ2n) is 9.34. The van der Waals surface area contributed by atoms with Gasteiger partial charge in [-0.1, -0.05) is 32.3 Å². The molecule has 1 aliphatic heterocycles. The van der Waals surface area contributed by atoms with E-state index >= 15 is 0 Å². The van der Waals surface area contributed by atoms with E-state index in [2.05, 4.69) is 20.3 Å². The number of nitrogens with zero attached hydrogens (tertiary/aromatic N) is 4. The first-order chi connectivity index (χ1) is 16.8. The van der Waals surface area contributed by atoms with E-state index in [1.807, 2.05) is 19.1 Å². The summed E-state index contributed by atoms with van der Waals surface area (Å²) < 4.78 is 27.7. The SMILES string of the molecule is CC1C=CC=NC2=C1C(=O)Cc1cnc(Nc3ccc(S(=O)(=O)N(C)C4CCCCC4)cc3)nc12. The van der Waals surface area contributed by atoms with Gasteiger partial charge in [0.25, 0.3) is 0 Å². The highest BCUT2D eigenvalue weighted by atomic mass is 32.2. The lowest BCUT2D eigenvalue weighted by atomic mass is 9.86. The van der Waals surface area contributed by atoms with Gasteiger partial charge in [0.05, 0.1) is 16.3 Å². The summed E-state index contributed by atoms with van der Waals surface area (Å²) in [6.07, 6.45) is 12.5. The number of carbonyl (C=O) groups excluding carboxylic acids is 1. The fourth-order valence-electron chi connectivity index (χ4n) is 5.01. The number of aliphatic imine (C=N–C) groups is 1. The van der Waals surface area contributed by atoms with Crippen LogP contribution in [-0.4, -0.2) is 47.8 Å². The Labute approximate surface area is 205 Å². The third-order valence-electron chi connectivity index (χ3n) is 7.02. The van der Waals surface area contributed by atoms with E-state index in [0.29, 0.717) is 28.6 Å². The molecule has 3 aliphatic rings. The number of ketones is 1. The second kappa shape index (κ2) is 9.47. The van der Waals surface area contributed by atoms with E-state index in [4.69, 9.17) is 0 Å². The van der Waals surface area contributed by atoms with E-state index in [1.165, 1.54) is 10.7 Å². The van der Waals surface area contributed by atoms with Crippen LogP contribution in [0.2, 0.25) is 0 Å². The van der Waals surface area contributed by atoms with Gasteiger partial charge in [-0.2, -0.15) is 4.31 Å². The molecule has 1 N–H and O–H groups in total. The summed E-state index contributed by atoms with van der Waals surface area (Å²) in [5, 5.41) is 3.15. The van der Waals surface area contributed by atoms with Gasteiger partial charge < -0.3 is 5.32 Å². The molecule has 1 unspecified atom stereocenters. The number of aromatic nitrogens is 2. The standard InChI is InChI=1S/C26H29N5O3S/c1-17-7-6-14-27-25-23(17)22(32)15-18-16-28-26(30-24(18)25)29-19-10-12-21(13-11-19)35(33,34)31(2)20-8-4-3-5-9-20/h6-7,10-14,16-17,20H,3-5,8-9,15H2,1-2H3,(H,28,29,30). The topological polar surface area (TPSA) is 105 Å². The zero-order chi connectivity index (χ0) is 24.6. The van der Waals surface area contributed by atoms with Crippen molar-refractivity contribution < 1.29 is 13.2 Å². The molecule has 8 nitrogen and oxygen atoms in total. The summed E-state index contributed by atoms with van der Waals surface area (Å²) >= 11 is 0.